The lowest BCUT2D eigenvalue weighted by molar-refractivity contribution is -0.123. The van der Waals surface area contributed by atoms with Gasteiger partial charge >= 0.3 is 0 Å². The molecule has 0 radical (unpaired) electrons. The van der Waals surface area contributed by atoms with Crippen molar-refractivity contribution in [2.45, 2.75) is 20.0 Å². The summed E-state index contributed by atoms with van der Waals surface area (Å²) >= 11 is -2.01. The van der Waals surface area contributed by atoms with Crippen molar-refractivity contribution in [3.8, 4) is 11.8 Å². The SMILES string of the molecule is CC(=O)C(OS(=O)Nc1cc(C)c(O)c(C#N)c1)c1ccccc1. The Morgan fingerprint density at radius 1 is 1.33 bits per heavy atom. The first-order chi connectivity index (χ1) is 11.4. The summed E-state index contributed by atoms with van der Waals surface area (Å²) in [5, 5.41) is 18.7. The van der Waals surface area contributed by atoms with Gasteiger partial charge in [-0.1, -0.05) is 30.3 Å². The molecule has 0 fully saturated rings. The first-order valence-electron chi connectivity index (χ1n) is 7.07. The van der Waals surface area contributed by atoms with E-state index in [1.54, 1.807) is 37.3 Å². The number of hydrogen-bond acceptors (Lipinski definition) is 5. The largest absolute Gasteiger partial charge is 0.506 e. The van der Waals surface area contributed by atoms with Crippen LogP contribution in [0.3, 0.4) is 0 Å². The van der Waals surface area contributed by atoms with Crippen molar-refractivity contribution in [3.63, 3.8) is 0 Å². The van der Waals surface area contributed by atoms with Crippen molar-refractivity contribution in [3.05, 3.63) is 59.2 Å². The number of hydrogen-bond donors (Lipinski definition) is 2. The first-order valence-corrected chi connectivity index (χ1v) is 8.14. The fraction of sp³-hybridized carbons (Fsp3) is 0.176. The van der Waals surface area contributed by atoms with Crippen LogP contribution in [-0.4, -0.2) is 15.1 Å². The van der Waals surface area contributed by atoms with Gasteiger partial charge in [0.1, 0.15) is 11.8 Å². The van der Waals surface area contributed by atoms with Crippen molar-refractivity contribution >= 4 is 22.7 Å². The second-order valence-electron chi connectivity index (χ2n) is 5.14. The number of rotatable bonds is 6. The van der Waals surface area contributed by atoms with Crippen LogP contribution in [-0.2, 0) is 20.2 Å². The zero-order chi connectivity index (χ0) is 17.7. The summed E-state index contributed by atoms with van der Waals surface area (Å²) in [6, 6.07) is 13.5. The maximum Gasteiger partial charge on any atom is 0.262 e. The molecule has 2 aromatic carbocycles. The van der Waals surface area contributed by atoms with Gasteiger partial charge in [-0.05, 0) is 37.1 Å². The molecule has 2 atom stereocenters. The van der Waals surface area contributed by atoms with E-state index in [-0.39, 0.29) is 17.1 Å². The number of carbonyl (C=O) groups is 1. The lowest BCUT2D eigenvalue weighted by Gasteiger charge is -2.15. The monoisotopic (exact) mass is 344 g/mol. The maximum absolute atomic E-state index is 12.2. The number of nitriles is 1. The van der Waals surface area contributed by atoms with Crippen molar-refractivity contribution < 1.29 is 18.3 Å². The Hall–Kier alpha value is -2.69. The standard InChI is InChI=1S/C17H16N2O4S/c1-11-8-15(9-14(10-18)16(11)21)19-24(22)23-17(12(2)20)13-6-4-3-5-7-13/h3-9,17,19,21H,1-2H3. The Labute approximate surface area is 142 Å². The summed E-state index contributed by atoms with van der Waals surface area (Å²) in [5.41, 5.74) is 1.45. The third-order valence-electron chi connectivity index (χ3n) is 3.28. The molecule has 0 saturated carbocycles. The molecule has 2 N–H and O–H groups in total. The zero-order valence-electron chi connectivity index (χ0n) is 13.1. The van der Waals surface area contributed by atoms with Gasteiger partial charge in [0.05, 0.1) is 11.3 Å². The predicted octanol–water partition coefficient (Wildman–Crippen LogP) is 2.91. The molecule has 0 saturated heterocycles. The van der Waals surface area contributed by atoms with Crippen LogP contribution in [0.1, 0.15) is 29.7 Å². The summed E-state index contributed by atoms with van der Waals surface area (Å²) in [6.45, 7) is 2.97. The number of aryl methyl sites for hydroxylation is 1. The van der Waals surface area contributed by atoms with E-state index < -0.39 is 17.4 Å². The van der Waals surface area contributed by atoms with E-state index >= 15 is 0 Å². The molecule has 24 heavy (non-hydrogen) atoms. The van der Waals surface area contributed by atoms with Crippen LogP contribution in [0.4, 0.5) is 5.69 Å². The summed E-state index contributed by atoms with van der Waals surface area (Å²) in [4.78, 5) is 11.8. The molecule has 6 nitrogen and oxygen atoms in total. The topological polar surface area (TPSA) is 99.4 Å². The van der Waals surface area contributed by atoms with E-state index in [4.69, 9.17) is 9.44 Å². The smallest absolute Gasteiger partial charge is 0.262 e. The fourth-order valence-electron chi connectivity index (χ4n) is 2.12. The highest BCUT2D eigenvalue weighted by Gasteiger charge is 2.21. The molecule has 0 aliphatic heterocycles. The molecule has 0 aliphatic rings. The highest BCUT2D eigenvalue weighted by Crippen LogP contribution is 2.27. The van der Waals surface area contributed by atoms with E-state index in [0.717, 1.165) is 0 Å². The Morgan fingerprint density at radius 2 is 2.00 bits per heavy atom. The molecular weight excluding hydrogens is 328 g/mol. The van der Waals surface area contributed by atoms with Gasteiger partial charge in [0, 0.05) is 0 Å². The van der Waals surface area contributed by atoms with Gasteiger partial charge in [0.25, 0.3) is 11.3 Å². The number of phenolic OH excluding ortho intramolecular Hbond substituents is 1. The third-order valence-corrected chi connectivity index (χ3v) is 4.05. The van der Waals surface area contributed by atoms with Crippen LogP contribution in [0.15, 0.2) is 42.5 Å². The normalized spacial score (nSPS) is 12.9. The molecule has 7 heteroatoms. The van der Waals surface area contributed by atoms with Gasteiger partial charge in [-0.2, -0.15) is 5.26 Å². The zero-order valence-corrected chi connectivity index (χ0v) is 14.0. The molecule has 0 amide bonds. The third kappa shape index (κ3) is 4.19. The maximum atomic E-state index is 12.2. The summed E-state index contributed by atoms with van der Waals surface area (Å²) in [7, 11) is 0. The molecule has 2 unspecified atom stereocenters. The summed E-state index contributed by atoms with van der Waals surface area (Å²) in [5.74, 6) is -0.406. The predicted molar refractivity (Wildman–Crippen MR) is 90.3 cm³/mol. The average molecular weight is 344 g/mol. The molecule has 0 spiro atoms. The van der Waals surface area contributed by atoms with Gasteiger partial charge in [-0.3, -0.25) is 13.7 Å². The van der Waals surface area contributed by atoms with Gasteiger partial charge in [0.15, 0.2) is 11.9 Å². The quantitative estimate of drug-likeness (QED) is 0.785. The second kappa shape index (κ2) is 7.73. The van der Waals surface area contributed by atoms with Crippen LogP contribution in [0.2, 0.25) is 0 Å². The van der Waals surface area contributed by atoms with Crippen molar-refractivity contribution in [1.29, 1.82) is 5.26 Å². The van der Waals surface area contributed by atoms with Crippen molar-refractivity contribution in [2.24, 2.45) is 0 Å². The van der Waals surface area contributed by atoms with E-state index in [1.165, 1.54) is 19.1 Å². The lowest BCUT2D eigenvalue weighted by Crippen LogP contribution is -2.18. The van der Waals surface area contributed by atoms with E-state index in [0.29, 0.717) is 16.8 Å². The van der Waals surface area contributed by atoms with Gasteiger partial charge < -0.3 is 5.11 Å². The molecule has 0 heterocycles. The molecule has 124 valence electrons. The number of Topliss-reactive ketones (excluding diaryl/α,β-unsaturated/α-hetero) is 1. The highest BCUT2D eigenvalue weighted by molar-refractivity contribution is 7.81. The number of ketones is 1. The molecule has 2 rings (SSSR count). The number of phenols is 1. The van der Waals surface area contributed by atoms with Gasteiger partial charge in [0.2, 0.25) is 0 Å². The molecule has 0 aromatic heterocycles. The minimum atomic E-state index is -2.01. The molecule has 2 aromatic rings. The number of nitrogens with zero attached hydrogens (tertiary/aromatic N) is 1. The molecule has 0 bridgehead atoms. The Balaban J connectivity index is 2.17. The number of benzene rings is 2. The fourth-order valence-corrected chi connectivity index (χ4v) is 2.90. The van der Waals surface area contributed by atoms with Gasteiger partial charge in [-0.15, -0.1) is 0 Å². The molecular formula is C17H16N2O4S. The van der Waals surface area contributed by atoms with Crippen LogP contribution >= 0.6 is 0 Å². The second-order valence-corrected chi connectivity index (χ2v) is 6.00. The Morgan fingerprint density at radius 3 is 2.58 bits per heavy atom. The van der Waals surface area contributed by atoms with E-state index in [2.05, 4.69) is 4.72 Å². The number of carbonyl (C=O) groups excluding carboxylic acids is 1. The number of anilines is 1. The van der Waals surface area contributed by atoms with E-state index in [9.17, 15) is 14.1 Å². The lowest BCUT2D eigenvalue weighted by atomic mass is 10.1. The minimum Gasteiger partial charge on any atom is -0.506 e. The van der Waals surface area contributed by atoms with E-state index in [1.807, 2.05) is 6.07 Å². The summed E-state index contributed by atoms with van der Waals surface area (Å²) < 4.78 is 20.1. The van der Waals surface area contributed by atoms with Crippen LogP contribution in [0.25, 0.3) is 0 Å². The van der Waals surface area contributed by atoms with Crippen molar-refractivity contribution in [1.82, 2.24) is 0 Å². The highest BCUT2D eigenvalue weighted by atomic mass is 32.2. The number of aromatic hydroxyl groups is 1. The number of nitrogens with one attached hydrogen (secondary N) is 1. The van der Waals surface area contributed by atoms with Gasteiger partial charge in [-0.25, -0.2) is 4.21 Å². The minimum absolute atomic E-state index is 0.0562. The summed E-state index contributed by atoms with van der Waals surface area (Å²) in [6.07, 6.45) is -0.965. The van der Waals surface area contributed by atoms with Crippen LogP contribution in [0.5, 0.6) is 5.75 Å². The Kier molecular flexibility index (Phi) is 5.68. The van der Waals surface area contributed by atoms with Crippen LogP contribution in [0, 0.1) is 18.3 Å². The Bertz CT molecular complexity index is 815. The average Bonchev–Trinajstić information content (AvgIpc) is 2.56. The molecule has 0 aliphatic carbocycles. The first kappa shape index (κ1) is 17.7. The van der Waals surface area contributed by atoms with Crippen molar-refractivity contribution in [2.75, 3.05) is 4.72 Å². The van der Waals surface area contributed by atoms with Crippen LogP contribution < -0.4 is 4.72 Å².